The fourth-order valence-corrected chi connectivity index (χ4v) is 2.16. The van der Waals surface area contributed by atoms with E-state index < -0.39 is 0 Å². The zero-order valence-electron chi connectivity index (χ0n) is 13.1. The predicted molar refractivity (Wildman–Crippen MR) is 83.0 cm³/mol. The molecule has 1 N–H and O–H groups in total. The van der Waals surface area contributed by atoms with Gasteiger partial charge in [-0.25, -0.2) is 4.68 Å². The van der Waals surface area contributed by atoms with E-state index in [0.29, 0.717) is 18.9 Å². The smallest absolute Gasteiger partial charge is 0.222 e. The average Bonchev–Trinajstić information content (AvgIpc) is 2.74. The van der Waals surface area contributed by atoms with Crippen molar-refractivity contribution >= 4 is 0 Å². The van der Waals surface area contributed by atoms with Gasteiger partial charge in [-0.2, -0.15) is 5.10 Å². The van der Waals surface area contributed by atoms with Gasteiger partial charge in [0, 0.05) is 13.6 Å². The predicted octanol–water partition coefficient (Wildman–Crippen LogP) is 3.03. The van der Waals surface area contributed by atoms with Crippen LogP contribution in [0.1, 0.15) is 24.6 Å². The number of nitrogens with one attached hydrogen (secondary N) is 1. The van der Waals surface area contributed by atoms with Crippen molar-refractivity contribution in [3.63, 3.8) is 0 Å². The SMILES string of the molecule is CCCOc1ccccc1Oc1c(CNC)c(C)nn1C. The number of hydrogen-bond donors (Lipinski definition) is 1. The number of rotatable bonds is 7. The standard InChI is InChI=1S/C16H23N3O2/c1-5-10-20-14-8-6-7-9-15(14)21-16-13(11-17-3)12(2)18-19(16)4/h6-9,17H,5,10-11H2,1-4H3. The summed E-state index contributed by atoms with van der Waals surface area (Å²) in [6.07, 6.45) is 0.962. The maximum absolute atomic E-state index is 6.08. The second-order valence-corrected chi connectivity index (χ2v) is 4.92. The lowest BCUT2D eigenvalue weighted by Crippen LogP contribution is -2.07. The highest BCUT2D eigenvalue weighted by Gasteiger charge is 2.16. The van der Waals surface area contributed by atoms with Crippen molar-refractivity contribution < 1.29 is 9.47 Å². The molecule has 114 valence electrons. The van der Waals surface area contributed by atoms with Crippen molar-refractivity contribution in [1.82, 2.24) is 15.1 Å². The number of benzene rings is 1. The van der Waals surface area contributed by atoms with Crippen LogP contribution >= 0.6 is 0 Å². The first kappa shape index (κ1) is 15.4. The highest BCUT2D eigenvalue weighted by molar-refractivity contribution is 5.43. The summed E-state index contributed by atoms with van der Waals surface area (Å²) in [7, 11) is 3.80. The van der Waals surface area contributed by atoms with Crippen molar-refractivity contribution in [1.29, 1.82) is 0 Å². The molecule has 0 unspecified atom stereocenters. The number of ether oxygens (including phenoxy) is 2. The molecule has 0 saturated heterocycles. The molecule has 2 aromatic rings. The van der Waals surface area contributed by atoms with E-state index in [-0.39, 0.29) is 0 Å². The number of aromatic nitrogens is 2. The Labute approximate surface area is 125 Å². The van der Waals surface area contributed by atoms with Crippen molar-refractivity contribution in [2.24, 2.45) is 7.05 Å². The van der Waals surface area contributed by atoms with E-state index in [0.717, 1.165) is 29.3 Å². The zero-order valence-corrected chi connectivity index (χ0v) is 13.1. The zero-order chi connectivity index (χ0) is 15.2. The Morgan fingerprint density at radius 2 is 1.95 bits per heavy atom. The highest BCUT2D eigenvalue weighted by Crippen LogP contribution is 2.33. The van der Waals surface area contributed by atoms with Crippen LogP contribution in [0.15, 0.2) is 24.3 Å². The quantitative estimate of drug-likeness (QED) is 0.851. The third kappa shape index (κ3) is 3.55. The van der Waals surface area contributed by atoms with E-state index in [1.807, 2.05) is 45.3 Å². The lowest BCUT2D eigenvalue weighted by atomic mass is 10.2. The Morgan fingerprint density at radius 3 is 2.62 bits per heavy atom. The monoisotopic (exact) mass is 289 g/mol. The van der Waals surface area contributed by atoms with Gasteiger partial charge >= 0.3 is 0 Å². The summed E-state index contributed by atoms with van der Waals surface area (Å²) in [4.78, 5) is 0. The molecule has 0 aliphatic rings. The first-order valence-electron chi connectivity index (χ1n) is 7.24. The molecule has 2 rings (SSSR count). The van der Waals surface area contributed by atoms with Gasteiger partial charge in [-0.15, -0.1) is 0 Å². The van der Waals surface area contributed by atoms with Crippen LogP contribution in [0.25, 0.3) is 0 Å². The molecule has 1 aromatic carbocycles. The molecule has 0 aliphatic carbocycles. The van der Waals surface area contributed by atoms with Crippen LogP contribution in [0, 0.1) is 6.92 Å². The highest BCUT2D eigenvalue weighted by atomic mass is 16.5. The van der Waals surface area contributed by atoms with Crippen LogP contribution in [0.5, 0.6) is 17.4 Å². The molecule has 0 amide bonds. The van der Waals surface area contributed by atoms with Crippen LogP contribution in [0.2, 0.25) is 0 Å². The van der Waals surface area contributed by atoms with Crippen molar-refractivity contribution in [3.8, 4) is 17.4 Å². The summed E-state index contributed by atoms with van der Waals surface area (Å²) in [6, 6.07) is 7.72. The van der Waals surface area contributed by atoms with Gasteiger partial charge in [-0.3, -0.25) is 0 Å². The lowest BCUT2D eigenvalue weighted by molar-refractivity contribution is 0.298. The minimum atomic E-state index is 0.675. The third-order valence-corrected chi connectivity index (χ3v) is 3.16. The molecule has 1 heterocycles. The molecule has 1 aromatic heterocycles. The molecule has 21 heavy (non-hydrogen) atoms. The summed E-state index contributed by atoms with van der Waals surface area (Å²) in [5.74, 6) is 2.22. The maximum atomic E-state index is 6.08. The second-order valence-electron chi connectivity index (χ2n) is 4.92. The summed E-state index contributed by atoms with van der Waals surface area (Å²) in [5.41, 5.74) is 2.03. The Kier molecular flexibility index (Phi) is 5.22. The molecule has 5 heteroatoms. The van der Waals surface area contributed by atoms with Gasteiger partial charge in [0.2, 0.25) is 5.88 Å². The molecule has 0 aliphatic heterocycles. The molecule has 0 spiro atoms. The van der Waals surface area contributed by atoms with Gasteiger partial charge in [-0.1, -0.05) is 19.1 Å². The third-order valence-electron chi connectivity index (χ3n) is 3.16. The first-order chi connectivity index (χ1) is 10.2. The van der Waals surface area contributed by atoms with Gasteiger partial charge in [0.15, 0.2) is 11.5 Å². The van der Waals surface area contributed by atoms with E-state index in [9.17, 15) is 0 Å². The minimum absolute atomic E-state index is 0.675. The topological polar surface area (TPSA) is 48.3 Å². The Balaban J connectivity index is 2.30. The van der Waals surface area contributed by atoms with Gasteiger partial charge in [0.1, 0.15) is 0 Å². The number of nitrogens with zero attached hydrogens (tertiary/aromatic N) is 2. The molecule has 0 atom stereocenters. The molecular weight excluding hydrogens is 266 g/mol. The number of aryl methyl sites for hydroxylation is 2. The van der Waals surface area contributed by atoms with Crippen LogP contribution in [-0.4, -0.2) is 23.4 Å². The van der Waals surface area contributed by atoms with Crippen molar-refractivity contribution in [2.75, 3.05) is 13.7 Å². The molecule has 0 bridgehead atoms. The van der Waals surface area contributed by atoms with Crippen molar-refractivity contribution in [3.05, 3.63) is 35.5 Å². The fraction of sp³-hybridized carbons (Fsp3) is 0.438. The Bertz CT molecular complexity index is 593. The fourth-order valence-electron chi connectivity index (χ4n) is 2.16. The summed E-state index contributed by atoms with van der Waals surface area (Å²) in [5, 5.41) is 7.58. The van der Waals surface area contributed by atoms with E-state index >= 15 is 0 Å². The van der Waals surface area contributed by atoms with Crippen molar-refractivity contribution in [2.45, 2.75) is 26.8 Å². The molecule has 0 radical (unpaired) electrons. The number of para-hydroxylation sites is 2. The van der Waals surface area contributed by atoms with Gasteiger partial charge < -0.3 is 14.8 Å². The first-order valence-corrected chi connectivity index (χ1v) is 7.24. The second kappa shape index (κ2) is 7.13. The van der Waals surface area contributed by atoms with E-state index in [2.05, 4.69) is 17.3 Å². The van der Waals surface area contributed by atoms with Crippen LogP contribution in [0.3, 0.4) is 0 Å². The van der Waals surface area contributed by atoms with E-state index in [1.165, 1.54) is 0 Å². The van der Waals surface area contributed by atoms with Gasteiger partial charge in [-0.05, 0) is 32.5 Å². The average molecular weight is 289 g/mol. The lowest BCUT2D eigenvalue weighted by Gasteiger charge is -2.13. The van der Waals surface area contributed by atoms with Crippen LogP contribution in [0.4, 0.5) is 0 Å². The normalized spacial score (nSPS) is 10.7. The van der Waals surface area contributed by atoms with E-state index in [1.54, 1.807) is 4.68 Å². The summed E-state index contributed by atoms with van der Waals surface area (Å²) < 4.78 is 13.6. The molecule has 5 nitrogen and oxygen atoms in total. The Morgan fingerprint density at radius 1 is 1.24 bits per heavy atom. The molecule has 0 saturated carbocycles. The maximum Gasteiger partial charge on any atom is 0.222 e. The van der Waals surface area contributed by atoms with Gasteiger partial charge in [0.25, 0.3) is 0 Å². The van der Waals surface area contributed by atoms with Crippen LogP contribution < -0.4 is 14.8 Å². The van der Waals surface area contributed by atoms with E-state index in [4.69, 9.17) is 9.47 Å². The number of hydrogen-bond acceptors (Lipinski definition) is 4. The molecular formula is C16H23N3O2. The van der Waals surface area contributed by atoms with Crippen LogP contribution in [-0.2, 0) is 13.6 Å². The summed E-state index contributed by atoms with van der Waals surface area (Å²) in [6.45, 7) is 5.46. The molecule has 0 fully saturated rings. The Hall–Kier alpha value is -2.01. The largest absolute Gasteiger partial charge is 0.490 e. The van der Waals surface area contributed by atoms with Gasteiger partial charge in [0.05, 0.1) is 17.9 Å². The summed E-state index contributed by atoms with van der Waals surface area (Å²) >= 11 is 0. The minimum Gasteiger partial charge on any atom is -0.490 e.